The van der Waals surface area contributed by atoms with E-state index in [2.05, 4.69) is 26.5 Å². The van der Waals surface area contributed by atoms with Crippen LogP contribution in [0.4, 0.5) is 4.39 Å². The molecular formula is C25H22BrFN2O5. The topological polar surface area (TPSA) is 97.2 Å². The van der Waals surface area contributed by atoms with Crippen LogP contribution in [0.25, 0.3) is 0 Å². The molecule has 0 saturated carbocycles. The molecule has 3 rings (SSSR count). The van der Waals surface area contributed by atoms with Gasteiger partial charge in [-0.15, -0.1) is 0 Å². The quantitative estimate of drug-likeness (QED) is 0.286. The van der Waals surface area contributed by atoms with Crippen LogP contribution in [0.15, 0.2) is 70.2 Å². The zero-order valence-electron chi connectivity index (χ0n) is 18.3. The Morgan fingerprint density at radius 2 is 1.74 bits per heavy atom. The molecule has 3 aromatic carbocycles. The summed E-state index contributed by atoms with van der Waals surface area (Å²) in [6.45, 7) is 2.47. The normalized spacial score (nSPS) is 10.8. The van der Waals surface area contributed by atoms with Crippen LogP contribution in [-0.4, -0.2) is 29.8 Å². The Bertz CT molecular complexity index is 1180. The third-order valence-corrected chi connectivity index (χ3v) is 5.19. The number of amides is 1. The van der Waals surface area contributed by atoms with Gasteiger partial charge in [-0.3, -0.25) is 4.79 Å². The van der Waals surface area contributed by atoms with Crippen LogP contribution >= 0.6 is 15.9 Å². The van der Waals surface area contributed by atoms with Gasteiger partial charge in [0, 0.05) is 0 Å². The Hall–Kier alpha value is -3.72. The van der Waals surface area contributed by atoms with Crippen molar-refractivity contribution >= 4 is 34.0 Å². The van der Waals surface area contributed by atoms with Crippen molar-refractivity contribution in [2.45, 2.75) is 20.0 Å². The molecule has 0 aliphatic carbocycles. The number of nitrogens with zero attached hydrogens (tertiary/aromatic N) is 1. The lowest BCUT2D eigenvalue weighted by atomic mass is 10.1. The fourth-order valence-electron chi connectivity index (χ4n) is 2.97. The molecule has 7 nitrogen and oxygen atoms in total. The lowest BCUT2D eigenvalue weighted by molar-refractivity contribution is -0.120. The molecule has 1 amide bonds. The van der Waals surface area contributed by atoms with Crippen molar-refractivity contribution in [1.29, 1.82) is 0 Å². The molecule has 0 atom stereocenters. The minimum atomic E-state index is -0.988. The summed E-state index contributed by atoms with van der Waals surface area (Å²) in [6, 6.07) is 15.6. The monoisotopic (exact) mass is 528 g/mol. The number of hydrogen-bond donors (Lipinski definition) is 2. The molecule has 0 aromatic heterocycles. The number of halogens is 2. The summed E-state index contributed by atoms with van der Waals surface area (Å²) in [4.78, 5) is 23.0. The molecule has 34 heavy (non-hydrogen) atoms. The fourth-order valence-corrected chi connectivity index (χ4v) is 3.54. The number of benzene rings is 3. The van der Waals surface area contributed by atoms with Gasteiger partial charge in [0.15, 0.2) is 11.5 Å². The number of carboxylic acid groups (broad SMARTS) is 1. The van der Waals surface area contributed by atoms with Crippen molar-refractivity contribution in [2.24, 2.45) is 5.10 Å². The molecule has 0 saturated heterocycles. The summed E-state index contributed by atoms with van der Waals surface area (Å²) >= 11 is 3.48. The highest BCUT2D eigenvalue weighted by Gasteiger charge is 2.13. The second kappa shape index (κ2) is 11.9. The molecule has 0 spiro atoms. The minimum Gasteiger partial charge on any atom is -0.490 e. The zero-order valence-corrected chi connectivity index (χ0v) is 19.8. The molecule has 2 N–H and O–H groups in total. The van der Waals surface area contributed by atoms with Gasteiger partial charge in [0.25, 0.3) is 0 Å². The van der Waals surface area contributed by atoms with E-state index in [0.29, 0.717) is 33.7 Å². The van der Waals surface area contributed by atoms with E-state index in [0.717, 1.165) is 5.56 Å². The van der Waals surface area contributed by atoms with Gasteiger partial charge in [-0.05, 0) is 75.9 Å². The molecule has 9 heteroatoms. The molecule has 0 heterocycles. The Morgan fingerprint density at radius 1 is 1.06 bits per heavy atom. The van der Waals surface area contributed by atoms with Crippen molar-refractivity contribution in [3.8, 4) is 11.5 Å². The van der Waals surface area contributed by atoms with Crippen molar-refractivity contribution < 1.29 is 28.6 Å². The molecule has 176 valence electrons. The Balaban J connectivity index is 1.65. The first kappa shape index (κ1) is 24.9. The SMILES string of the molecule is CCOc1cc(/C=N/NC(=O)Cc2ccc(F)cc2)cc(Br)c1OCc1ccc(C(=O)O)cc1. The van der Waals surface area contributed by atoms with E-state index in [9.17, 15) is 14.0 Å². The summed E-state index contributed by atoms with van der Waals surface area (Å²) < 4.78 is 25.2. The largest absolute Gasteiger partial charge is 0.490 e. The molecule has 0 aliphatic heterocycles. The smallest absolute Gasteiger partial charge is 0.335 e. The minimum absolute atomic E-state index is 0.0751. The van der Waals surface area contributed by atoms with Crippen molar-refractivity contribution in [3.63, 3.8) is 0 Å². The number of carboxylic acids is 1. The Kier molecular flexibility index (Phi) is 8.75. The summed E-state index contributed by atoms with van der Waals surface area (Å²) in [7, 11) is 0. The van der Waals surface area contributed by atoms with Gasteiger partial charge in [-0.2, -0.15) is 5.10 Å². The number of hydrogen-bond acceptors (Lipinski definition) is 5. The number of hydrazone groups is 1. The number of carbonyl (C=O) groups excluding carboxylic acids is 1. The Morgan fingerprint density at radius 3 is 2.38 bits per heavy atom. The van der Waals surface area contributed by atoms with Crippen LogP contribution in [-0.2, 0) is 17.8 Å². The molecule has 0 radical (unpaired) electrons. The first-order chi connectivity index (χ1) is 16.4. The summed E-state index contributed by atoms with van der Waals surface area (Å²) in [6.07, 6.45) is 1.55. The Labute approximate surface area is 204 Å². The van der Waals surface area contributed by atoms with Gasteiger partial charge < -0.3 is 14.6 Å². The average molecular weight is 529 g/mol. The maximum atomic E-state index is 13.0. The predicted molar refractivity (Wildman–Crippen MR) is 129 cm³/mol. The van der Waals surface area contributed by atoms with Crippen LogP contribution in [0.1, 0.15) is 34.0 Å². The average Bonchev–Trinajstić information content (AvgIpc) is 2.80. The molecule has 0 aliphatic rings. The van der Waals surface area contributed by atoms with Gasteiger partial charge in [0.2, 0.25) is 5.91 Å². The number of ether oxygens (including phenoxy) is 2. The van der Waals surface area contributed by atoms with Gasteiger partial charge in [-0.25, -0.2) is 14.6 Å². The highest BCUT2D eigenvalue weighted by atomic mass is 79.9. The number of carbonyl (C=O) groups is 2. The summed E-state index contributed by atoms with van der Waals surface area (Å²) in [5.41, 5.74) is 4.79. The van der Waals surface area contributed by atoms with Crippen LogP contribution in [0.5, 0.6) is 11.5 Å². The zero-order chi connectivity index (χ0) is 24.5. The van der Waals surface area contributed by atoms with E-state index in [1.54, 1.807) is 36.4 Å². The maximum absolute atomic E-state index is 13.0. The van der Waals surface area contributed by atoms with Gasteiger partial charge in [0.1, 0.15) is 12.4 Å². The first-order valence-electron chi connectivity index (χ1n) is 10.3. The maximum Gasteiger partial charge on any atom is 0.335 e. The van der Waals surface area contributed by atoms with E-state index < -0.39 is 5.97 Å². The van der Waals surface area contributed by atoms with E-state index >= 15 is 0 Å². The van der Waals surface area contributed by atoms with Crippen LogP contribution < -0.4 is 14.9 Å². The lowest BCUT2D eigenvalue weighted by Crippen LogP contribution is -2.19. The van der Waals surface area contributed by atoms with E-state index in [-0.39, 0.29) is 30.3 Å². The third-order valence-electron chi connectivity index (χ3n) is 4.60. The third kappa shape index (κ3) is 7.14. The van der Waals surface area contributed by atoms with Crippen molar-refractivity contribution in [3.05, 3.63) is 93.2 Å². The predicted octanol–water partition coefficient (Wildman–Crippen LogP) is 4.96. The van der Waals surface area contributed by atoms with Crippen molar-refractivity contribution in [1.82, 2.24) is 5.43 Å². The van der Waals surface area contributed by atoms with E-state index in [1.165, 1.54) is 30.5 Å². The highest BCUT2D eigenvalue weighted by molar-refractivity contribution is 9.10. The van der Waals surface area contributed by atoms with E-state index in [4.69, 9.17) is 14.6 Å². The van der Waals surface area contributed by atoms with Gasteiger partial charge in [0.05, 0.1) is 29.3 Å². The van der Waals surface area contributed by atoms with E-state index in [1.807, 2.05) is 6.92 Å². The highest BCUT2D eigenvalue weighted by Crippen LogP contribution is 2.37. The standard InChI is InChI=1S/C25H22BrFN2O5/c1-2-33-22-12-18(14-28-29-23(30)13-16-5-9-20(27)10-6-16)11-21(26)24(22)34-15-17-3-7-19(8-4-17)25(31)32/h3-12,14H,2,13,15H2,1H3,(H,29,30)(H,31,32)/b28-14+. The van der Waals surface area contributed by atoms with Crippen LogP contribution in [0.2, 0.25) is 0 Å². The first-order valence-corrected chi connectivity index (χ1v) is 11.1. The summed E-state index contributed by atoms with van der Waals surface area (Å²) in [5, 5.41) is 13.0. The second-order valence-corrected chi connectivity index (χ2v) is 8.00. The number of rotatable bonds is 10. The second-order valence-electron chi connectivity index (χ2n) is 7.15. The molecule has 3 aromatic rings. The van der Waals surface area contributed by atoms with Gasteiger partial charge >= 0.3 is 5.97 Å². The summed E-state index contributed by atoms with van der Waals surface area (Å²) in [5.74, 6) is -0.709. The van der Waals surface area contributed by atoms with Crippen molar-refractivity contribution in [2.75, 3.05) is 6.61 Å². The van der Waals surface area contributed by atoms with Crippen LogP contribution in [0.3, 0.4) is 0 Å². The van der Waals surface area contributed by atoms with Gasteiger partial charge in [-0.1, -0.05) is 24.3 Å². The fraction of sp³-hybridized carbons (Fsp3) is 0.160. The number of nitrogens with one attached hydrogen (secondary N) is 1. The molecule has 0 fully saturated rings. The lowest BCUT2D eigenvalue weighted by Gasteiger charge is -2.15. The molecule has 0 unspecified atom stereocenters. The van der Waals surface area contributed by atoms with Crippen LogP contribution in [0, 0.1) is 5.82 Å². The molecule has 0 bridgehead atoms. The molecular weight excluding hydrogens is 507 g/mol. The number of aromatic carboxylic acids is 1.